The second kappa shape index (κ2) is 6.97. The van der Waals surface area contributed by atoms with Gasteiger partial charge in [-0.25, -0.2) is 4.79 Å². The van der Waals surface area contributed by atoms with Crippen molar-refractivity contribution in [1.29, 1.82) is 5.26 Å². The fourth-order valence-corrected chi connectivity index (χ4v) is 2.41. The molecule has 0 fully saturated rings. The van der Waals surface area contributed by atoms with Crippen LogP contribution >= 0.6 is 0 Å². The fraction of sp³-hybridized carbons (Fsp3) is 0.263. The summed E-state index contributed by atoms with van der Waals surface area (Å²) in [5.74, 6) is 0. The minimum absolute atomic E-state index is 0.122. The van der Waals surface area contributed by atoms with E-state index in [4.69, 9.17) is 5.26 Å². The van der Waals surface area contributed by atoms with Crippen LogP contribution in [0.2, 0.25) is 0 Å². The summed E-state index contributed by atoms with van der Waals surface area (Å²) in [6.07, 6.45) is 0. The van der Waals surface area contributed by atoms with Crippen molar-refractivity contribution in [2.45, 2.75) is 26.8 Å². The second-order valence-electron chi connectivity index (χ2n) is 6.50. The minimum atomic E-state index is -0.288. The lowest BCUT2D eigenvalue weighted by Gasteiger charge is -2.32. The van der Waals surface area contributed by atoms with Gasteiger partial charge in [0.2, 0.25) is 0 Å². The quantitative estimate of drug-likeness (QED) is 0.878. The molecule has 2 amide bonds. The fourth-order valence-electron chi connectivity index (χ4n) is 2.41. The van der Waals surface area contributed by atoms with E-state index >= 15 is 0 Å². The van der Waals surface area contributed by atoms with Crippen molar-refractivity contribution in [2.24, 2.45) is 5.41 Å². The van der Waals surface area contributed by atoms with Crippen LogP contribution in [0.25, 0.3) is 0 Å². The maximum atomic E-state index is 12.3. The third-order valence-electron chi connectivity index (χ3n) is 3.52. The molecular formula is C19H21N3O. The summed E-state index contributed by atoms with van der Waals surface area (Å²) in [4.78, 5) is 12.3. The molecule has 0 bridgehead atoms. The van der Waals surface area contributed by atoms with Gasteiger partial charge in [0.25, 0.3) is 0 Å². The van der Waals surface area contributed by atoms with Gasteiger partial charge in [-0.3, -0.25) is 0 Å². The molecule has 0 radical (unpaired) electrons. The largest absolute Gasteiger partial charge is 0.331 e. The molecule has 0 saturated carbocycles. The Balaban J connectivity index is 2.14. The first kappa shape index (κ1) is 16.6. The number of nitriles is 1. The molecule has 0 aliphatic carbocycles. The summed E-state index contributed by atoms with van der Waals surface area (Å²) in [6.45, 7) is 6.25. The summed E-state index contributed by atoms with van der Waals surface area (Å²) < 4.78 is 0. The molecule has 2 aromatic carbocycles. The summed E-state index contributed by atoms with van der Waals surface area (Å²) in [7, 11) is 0. The zero-order valence-corrected chi connectivity index (χ0v) is 13.6. The van der Waals surface area contributed by atoms with Crippen LogP contribution in [0.4, 0.5) is 10.5 Å². The number of hydrogen-bond donors (Lipinski definition) is 2. The number of amides is 2. The highest BCUT2D eigenvalue weighted by Crippen LogP contribution is 2.32. The Kier molecular flexibility index (Phi) is 5.02. The van der Waals surface area contributed by atoms with Gasteiger partial charge >= 0.3 is 6.03 Å². The zero-order chi connectivity index (χ0) is 16.9. The van der Waals surface area contributed by atoms with E-state index in [2.05, 4.69) is 37.5 Å². The van der Waals surface area contributed by atoms with Crippen LogP contribution in [0.3, 0.4) is 0 Å². The number of anilines is 1. The third-order valence-corrected chi connectivity index (χ3v) is 3.52. The maximum absolute atomic E-state index is 12.3. The van der Waals surface area contributed by atoms with Crippen molar-refractivity contribution >= 4 is 11.7 Å². The van der Waals surface area contributed by atoms with Crippen LogP contribution in [0.5, 0.6) is 0 Å². The molecule has 1 unspecified atom stereocenters. The Morgan fingerprint density at radius 2 is 1.78 bits per heavy atom. The van der Waals surface area contributed by atoms with Crippen LogP contribution in [-0.2, 0) is 0 Å². The molecule has 118 valence electrons. The minimum Gasteiger partial charge on any atom is -0.331 e. The molecule has 4 heteroatoms. The zero-order valence-electron chi connectivity index (χ0n) is 13.6. The molecule has 0 saturated heterocycles. The lowest BCUT2D eigenvalue weighted by atomic mass is 9.82. The van der Waals surface area contributed by atoms with E-state index in [1.54, 1.807) is 24.3 Å². The SMILES string of the molecule is CC(C)(C)C(NC(=O)Nc1cccc(C#N)c1)c1ccccc1. The van der Waals surface area contributed by atoms with Crippen molar-refractivity contribution in [1.82, 2.24) is 5.32 Å². The van der Waals surface area contributed by atoms with E-state index in [1.165, 1.54) is 0 Å². The average molecular weight is 307 g/mol. The number of carbonyl (C=O) groups excluding carboxylic acids is 1. The third kappa shape index (κ3) is 4.58. The first-order valence-corrected chi connectivity index (χ1v) is 7.53. The highest BCUT2D eigenvalue weighted by Gasteiger charge is 2.27. The highest BCUT2D eigenvalue weighted by atomic mass is 16.2. The molecule has 0 spiro atoms. The average Bonchev–Trinajstić information content (AvgIpc) is 2.52. The number of hydrogen-bond acceptors (Lipinski definition) is 2. The predicted octanol–water partition coefficient (Wildman–Crippen LogP) is 4.47. The van der Waals surface area contributed by atoms with Crippen LogP contribution < -0.4 is 10.6 Å². The van der Waals surface area contributed by atoms with Crippen LogP contribution in [0, 0.1) is 16.7 Å². The van der Waals surface area contributed by atoms with Crippen molar-refractivity contribution in [3.8, 4) is 6.07 Å². The number of nitrogens with one attached hydrogen (secondary N) is 2. The Morgan fingerprint density at radius 1 is 1.09 bits per heavy atom. The van der Waals surface area contributed by atoms with E-state index in [1.807, 2.05) is 30.3 Å². The lowest BCUT2D eigenvalue weighted by molar-refractivity contribution is 0.229. The summed E-state index contributed by atoms with van der Waals surface area (Å²) in [6, 6.07) is 18.4. The number of urea groups is 1. The lowest BCUT2D eigenvalue weighted by Crippen LogP contribution is -2.39. The first-order valence-electron chi connectivity index (χ1n) is 7.53. The molecule has 0 aliphatic heterocycles. The van der Waals surface area contributed by atoms with E-state index in [-0.39, 0.29) is 17.5 Å². The molecule has 2 rings (SSSR count). The first-order chi connectivity index (χ1) is 10.9. The van der Waals surface area contributed by atoms with Crippen LogP contribution in [0.1, 0.15) is 37.9 Å². The monoisotopic (exact) mass is 307 g/mol. The number of rotatable bonds is 3. The molecule has 23 heavy (non-hydrogen) atoms. The topological polar surface area (TPSA) is 64.9 Å². The van der Waals surface area contributed by atoms with Crippen molar-refractivity contribution in [3.63, 3.8) is 0 Å². The van der Waals surface area contributed by atoms with E-state index < -0.39 is 0 Å². The van der Waals surface area contributed by atoms with Crippen molar-refractivity contribution in [2.75, 3.05) is 5.32 Å². The van der Waals surface area contributed by atoms with Crippen LogP contribution in [-0.4, -0.2) is 6.03 Å². The van der Waals surface area contributed by atoms with Gasteiger partial charge < -0.3 is 10.6 Å². The van der Waals surface area contributed by atoms with Gasteiger partial charge in [0.1, 0.15) is 0 Å². The Morgan fingerprint density at radius 3 is 2.39 bits per heavy atom. The van der Waals surface area contributed by atoms with Gasteiger partial charge in [-0.15, -0.1) is 0 Å². The molecule has 4 nitrogen and oxygen atoms in total. The molecule has 1 atom stereocenters. The maximum Gasteiger partial charge on any atom is 0.319 e. The van der Waals surface area contributed by atoms with Crippen molar-refractivity contribution < 1.29 is 4.79 Å². The van der Waals surface area contributed by atoms with Gasteiger partial charge in [-0.05, 0) is 29.2 Å². The van der Waals surface area contributed by atoms with Crippen molar-refractivity contribution in [3.05, 3.63) is 65.7 Å². The number of benzene rings is 2. The molecule has 2 N–H and O–H groups in total. The highest BCUT2D eigenvalue weighted by molar-refractivity contribution is 5.89. The van der Waals surface area contributed by atoms with Gasteiger partial charge in [0.05, 0.1) is 17.7 Å². The smallest absolute Gasteiger partial charge is 0.319 e. The number of nitrogens with zero attached hydrogens (tertiary/aromatic N) is 1. The molecule has 0 aliphatic rings. The van der Waals surface area contributed by atoms with E-state index in [0.717, 1.165) is 5.56 Å². The van der Waals surface area contributed by atoms with Crippen LogP contribution in [0.15, 0.2) is 54.6 Å². The summed E-state index contributed by atoms with van der Waals surface area (Å²) in [5, 5.41) is 14.7. The normalized spacial score (nSPS) is 12.1. The van der Waals surface area contributed by atoms with Gasteiger partial charge in [-0.2, -0.15) is 5.26 Å². The Labute approximate surface area is 137 Å². The molecule has 0 aromatic heterocycles. The van der Waals surface area contributed by atoms with Gasteiger partial charge in [0, 0.05) is 5.69 Å². The second-order valence-corrected chi connectivity index (χ2v) is 6.50. The van der Waals surface area contributed by atoms with E-state index in [0.29, 0.717) is 11.3 Å². The van der Waals surface area contributed by atoms with Gasteiger partial charge in [-0.1, -0.05) is 57.2 Å². The standard InChI is InChI=1S/C19H21N3O/c1-19(2,3)17(15-9-5-4-6-10-15)22-18(23)21-16-11-7-8-14(12-16)13-20/h4-12,17H,1-3H3,(H2,21,22,23). The Bertz CT molecular complexity index is 711. The summed E-state index contributed by atoms with van der Waals surface area (Å²) in [5.41, 5.74) is 2.04. The molecule has 0 heterocycles. The van der Waals surface area contributed by atoms with Gasteiger partial charge in [0.15, 0.2) is 0 Å². The summed E-state index contributed by atoms with van der Waals surface area (Å²) >= 11 is 0. The van der Waals surface area contributed by atoms with E-state index in [9.17, 15) is 4.79 Å². The molecule has 2 aromatic rings. The Hall–Kier alpha value is -2.80. The number of carbonyl (C=O) groups is 1. The molecular weight excluding hydrogens is 286 g/mol. The predicted molar refractivity (Wildman–Crippen MR) is 91.9 cm³/mol.